The van der Waals surface area contributed by atoms with Gasteiger partial charge in [-0.25, -0.2) is 0 Å². The van der Waals surface area contributed by atoms with Crippen molar-refractivity contribution >= 4 is 46.4 Å². The van der Waals surface area contributed by atoms with Gasteiger partial charge in [0.2, 0.25) is 5.91 Å². The van der Waals surface area contributed by atoms with Crippen molar-refractivity contribution in [3.05, 3.63) is 52.3 Å². The first-order chi connectivity index (χ1) is 9.97. The summed E-state index contributed by atoms with van der Waals surface area (Å²) >= 11 is 12.1. The largest absolute Gasteiger partial charge is 0.326 e. The molecular formula is C14H11Cl2N3O2. The lowest BCUT2D eigenvalue weighted by Gasteiger charge is -2.10. The molecule has 0 aliphatic rings. The molecular weight excluding hydrogens is 313 g/mol. The Kier molecular flexibility index (Phi) is 4.77. The number of hydrogen-bond donors (Lipinski definition) is 2. The van der Waals surface area contributed by atoms with Crippen LogP contribution in [0.3, 0.4) is 0 Å². The van der Waals surface area contributed by atoms with Gasteiger partial charge in [0.25, 0.3) is 5.91 Å². The summed E-state index contributed by atoms with van der Waals surface area (Å²) in [5.74, 6) is -0.693. The maximum Gasteiger partial charge on any atom is 0.258 e. The summed E-state index contributed by atoms with van der Waals surface area (Å²) in [6, 6.07) is 6.23. The lowest BCUT2D eigenvalue weighted by Crippen LogP contribution is -2.14. The SMILES string of the molecule is CC(=O)Nc1cc(Cl)c(C(=O)Nc2ccncc2)c(Cl)c1. The Labute approximate surface area is 131 Å². The van der Waals surface area contributed by atoms with E-state index >= 15 is 0 Å². The summed E-state index contributed by atoms with van der Waals surface area (Å²) in [7, 11) is 0. The molecule has 0 bridgehead atoms. The van der Waals surface area contributed by atoms with E-state index in [9.17, 15) is 9.59 Å². The van der Waals surface area contributed by atoms with Gasteiger partial charge in [0, 0.05) is 30.7 Å². The van der Waals surface area contributed by atoms with Crippen LogP contribution in [0.25, 0.3) is 0 Å². The summed E-state index contributed by atoms with van der Waals surface area (Å²) in [5.41, 5.74) is 1.15. The van der Waals surface area contributed by atoms with E-state index in [0.29, 0.717) is 11.4 Å². The highest BCUT2D eigenvalue weighted by atomic mass is 35.5. The van der Waals surface area contributed by atoms with Gasteiger partial charge in [-0.3, -0.25) is 14.6 Å². The van der Waals surface area contributed by atoms with E-state index in [1.54, 1.807) is 24.5 Å². The standard InChI is InChI=1S/C14H11Cl2N3O2/c1-8(20)18-10-6-11(15)13(12(16)7-10)14(21)19-9-2-4-17-5-3-9/h2-7H,1H3,(H,18,20)(H,17,19,21). The van der Waals surface area contributed by atoms with Gasteiger partial charge in [-0.1, -0.05) is 23.2 Å². The average Bonchev–Trinajstić information content (AvgIpc) is 2.38. The van der Waals surface area contributed by atoms with Crippen molar-refractivity contribution in [2.75, 3.05) is 10.6 Å². The number of carbonyl (C=O) groups is 2. The molecule has 108 valence electrons. The van der Waals surface area contributed by atoms with E-state index in [4.69, 9.17) is 23.2 Å². The number of carbonyl (C=O) groups excluding carboxylic acids is 2. The molecule has 7 heteroatoms. The highest BCUT2D eigenvalue weighted by molar-refractivity contribution is 6.40. The van der Waals surface area contributed by atoms with Gasteiger partial charge < -0.3 is 10.6 Å². The van der Waals surface area contributed by atoms with Crippen LogP contribution in [0.2, 0.25) is 10.0 Å². The first-order valence-electron chi connectivity index (χ1n) is 5.95. The van der Waals surface area contributed by atoms with Crippen LogP contribution in [0.4, 0.5) is 11.4 Å². The van der Waals surface area contributed by atoms with E-state index in [1.807, 2.05) is 0 Å². The minimum absolute atomic E-state index is 0.143. The lowest BCUT2D eigenvalue weighted by molar-refractivity contribution is -0.114. The highest BCUT2D eigenvalue weighted by Crippen LogP contribution is 2.29. The summed E-state index contributed by atoms with van der Waals surface area (Å²) in [4.78, 5) is 27.1. The molecule has 0 aliphatic carbocycles. The monoisotopic (exact) mass is 323 g/mol. The molecule has 0 spiro atoms. The normalized spacial score (nSPS) is 10.0. The van der Waals surface area contributed by atoms with E-state index in [-0.39, 0.29) is 21.5 Å². The van der Waals surface area contributed by atoms with Crippen LogP contribution in [0.5, 0.6) is 0 Å². The van der Waals surface area contributed by atoms with Crippen molar-refractivity contribution in [3.8, 4) is 0 Å². The van der Waals surface area contributed by atoms with Crippen molar-refractivity contribution in [1.82, 2.24) is 4.98 Å². The first-order valence-corrected chi connectivity index (χ1v) is 6.71. The van der Waals surface area contributed by atoms with Crippen molar-refractivity contribution in [2.24, 2.45) is 0 Å². The molecule has 0 atom stereocenters. The van der Waals surface area contributed by atoms with E-state index < -0.39 is 5.91 Å². The summed E-state index contributed by atoms with van der Waals surface area (Å²) in [5, 5.41) is 5.52. The number of halogens is 2. The van der Waals surface area contributed by atoms with Crippen LogP contribution in [0, 0.1) is 0 Å². The molecule has 0 fully saturated rings. The topological polar surface area (TPSA) is 71.1 Å². The molecule has 2 aromatic rings. The smallest absolute Gasteiger partial charge is 0.258 e. The van der Waals surface area contributed by atoms with E-state index in [2.05, 4.69) is 15.6 Å². The number of amides is 2. The number of nitrogens with one attached hydrogen (secondary N) is 2. The molecule has 21 heavy (non-hydrogen) atoms. The second-order valence-electron chi connectivity index (χ2n) is 4.19. The second-order valence-corrected chi connectivity index (χ2v) is 5.00. The quantitative estimate of drug-likeness (QED) is 0.906. The molecule has 1 aromatic heterocycles. The van der Waals surface area contributed by atoms with Crippen molar-refractivity contribution in [3.63, 3.8) is 0 Å². The molecule has 5 nitrogen and oxygen atoms in total. The van der Waals surface area contributed by atoms with Gasteiger partial charge in [-0.05, 0) is 24.3 Å². The van der Waals surface area contributed by atoms with Gasteiger partial charge in [0.05, 0.1) is 15.6 Å². The van der Waals surface area contributed by atoms with Crippen LogP contribution in [-0.4, -0.2) is 16.8 Å². The number of aromatic nitrogens is 1. The van der Waals surface area contributed by atoms with Crippen molar-refractivity contribution < 1.29 is 9.59 Å². The van der Waals surface area contributed by atoms with Crippen LogP contribution in [0.15, 0.2) is 36.7 Å². The molecule has 2 N–H and O–H groups in total. The molecule has 1 aromatic carbocycles. The van der Waals surface area contributed by atoms with Gasteiger partial charge in [0.1, 0.15) is 0 Å². The number of pyridine rings is 1. The Bertz CT molecular complexity index is 667. The van der Waals surface area contributed by atoms with Crippen LogP contribution in [0.1, 0.15) is 17.3 Å². The third-order valence-corrected chi connectivity index (χ3v) is 3.12. The molecule has 0 saturated heterocycles. The van der Waals surface area contributed by atoms with Crippen LogP contribution >= 0.6 is 23.2 Å². The third kappa shape index (κ3) is 3.93. The fraction of sp³-hybridized carbons (Fsp3) is 0.0714. The average molecular weight is 324 g/mol. The number of anilines is 2. The molecule has 1 heterocycles. The fourth-order valence-corrected chi connectivity index (χ4v) is 2.35. The molecule has 0 aliphatic heterocycles. The van der Waals surface area contributed by atoms with Gasteiger partial charge in [-0.2, -0.15) is 0 Å². The van der Waals surface area contributed by atoms with Crippen molar-refractivity contribution in [2.45, 2.75) is 6.92 Å². The summed E-state index contributed by atoms with van der Waals surface area (Å²) in [6.45, 7) is 1.37. The third-order valence-electron chi connectivity index (χ3n) is 2.53. The van der Waals surface area contributed by atoms with E-state index in [1.165, 1.54) is 19.1 Å². The van der Waals surface area contributed by atoms with Gasteiger partial charge in [0.15, 0.2) is 0 Å². The van der Waals surface area contributed by atoms with Gasteiger partial charge in [-0.15, -0.1) is 0 Å². The molecule has 2 amide bonds. The van der Waals surface area contributed by atoms with E-state index in [0.717, 1.165) is 0 Å². The van der Waals surface area contributed by atoms with Crippen molar-refractivity contribution in [1.29, 1.82) is 0 Å². The highest BCUT2D eigenvalue weighted by Gasteiger charge is 2.16. The Morgan fingerprint density at radius 3 is 2.10 bits per heavy atom. The molecule has 0 radical (unpaired) electrons. The predicted molar refractivity (Wildman–Crippen MR) is 83.0 cm³/mol. The Morgan fingerprint density at radius 1 is 1.00 bits per heavy atom. The Hall–Kier alpha value is -2.11. The minimum atomic E-state index is -0.439. The maximum absolute atomic E-state index is 12.2. The molecule has 0 saturated carbocycles. The van der Waals surface area contributed by atoms with Crippen LogP contribution in [-0.2, 0) is 4.79 Å². The number of rotatable bonds is 3. The first kappa shape index (κ1) is 15.3. The lowest BCUT2D eigenvalue weighted by atomic mass is 10.1. The second kappa shape index (κ2) is 6.56. The minimum Gasteiger partial charge on any atom is -0.326 e. The molecule has 0 unspecified atom stereocenters. The number of hydrogen-bond acceptors (Lipinski definition) is 3. The maximum atomic E-state index is 12.2. The fourth-order valence-electron chi connectivity index (χ4n) is 1.69. The Morgan fingerprint density at radius 2 is 1.57 bits per heavy atom. The van der Waals surface area contributed by atoms with Gasteiger partial charge >= 0.3 is 0 Å². The zero-order valence-electron chi connectivity index (χ0n) is 11.0. The van der Waals surface area contributed by atoms with Crippen LogP contribution < -0.4 is 10.6 Å². The number of benzene rings is 1. The Balaban J connectivity index is 2.27. The predicted octanol–water partition coefficient (Wildman–Crippen LogP) is 3.60. The molecule has 2 rings (SSSR count). The summed E-state index contributed by atoms with van der Waals surface area (Å²) in [6.07, 6.45) is 3.11. The summed E-state index contributed by atoms with van der Waals surface area (Å²) < 4.78 is 0. The zero-order valence-corrected chi connectivity index (χ0v) is 12.5. The number of nitrogens with zero attached hydrogens (tertiary/aromatic N) is 1. The zero-order chi connectivity index (χ0) is 15.4.